The fourth-order valence-electron chi connectivity index (χ4n) is 4.79. The predicted octanol–water partition coefficient (Wildman–Crippen LogP) is 6.59. The zero-order valence-corrected chi connectivity index (χ0v) is 22.6. The first-order valence-electron chi connectivity index (χ1n) is 13.1. The molecule has 3 aromatic carbocycles. The van der Waals surface area contributed by atoms with Crippen molar-refractivity contribution in [3.63, 3.8) is 0 Å². The van der Waals surface area contributed by atoms with Gasteiger partial charge in [-0.3, -0.25) is 14.6 Å². The lowest BCUT2D eigenvalue weighted by molar-refractivity contribution is -0.140. The van der Waals surface area contributed by atoms with E-state index in [0.717, 1.165) is 11.1 Å². The van der Waals surface area contributed by atoms with Gasteiger partial charge in [0.25, 0.3) is 11.7 Å². The third kappa shape index (κ3) is 5.59. The molecule has 1 aromatic heterocycles. The van der Waals surface area contributed by atoms with E-state index in [9.17, 15) is 14.7 Å². The molecule has 202 valence electrons. The number of hydrogen-bond acceptors (Lipinski definition) is 6. The van der Waals surface area contributed by atoms with Crippen molar-refractivity contribution in [3.8, 4) is 17.2 Å². The first-order valence-corrected chi connectivity index (χ1v) is 13.1. The fraction of sp³-hybridized carbons (Fsp3) is 0.182. The van der Waals surface area contributed by atoms with Crippen molar-refractivity contribution < 1.29 is 24.2 Å². The number of hydrogen-bond donors (Lipinski definition) is 1. The molecule has 0 saturated carbocycles. The van der Waals surface area contributed by atoms with Crippen LogP contribution < -0.4 is 9.47 Å². The van der Waals surface area contributed by atoms with Crippen LogP contribution in [-0.2, 0) is 16.1 Å². The Morgan fingerprint density at radius 2 is 1.73 bits per heavy atom. The Morgan fingerprint density at radius 3 is 2.42 bits per heavy atom. The van der Waals surface area contributed by atoms with Crippen molar-refractivity contribution in [2.24, 2.45) is 0 Å². The highest BCUT2D eigenvalue weighted by molar-refractivity contribution is 6.46. The quantitative estimate of drug-likeness (QED) is 0.156. The van der Waals surface area contributed by atoms with Crippen LogP contribution in [0.4, 0.5) is 0 Å². The number of likely N-dealkylation sites (tertiary alicyclic amines) is 1. The lowest BCUT2D eigenvalue weighted by Crippen LogP contribution is -2.29. The van der Waals surface area contributed by atoms with Crippen LogP contribution in [0.2, 0.25) is 0 Å². The molecule has 1 aliphatic rings. The molecular weight excluding hydrogens is 504 g/mol. The third-order valence-electron chi connectivity index (χ3n) is 6.58. The number of aromatic nitrogens is 1. The van der Waals surface area contributed by atoms with Crippen LogP contribution in [0, 0.1) is 6.92 Å². The van der Waals surface area contributed by atoms with E-state index >= 15 is 0 Å². The topological polar surface area (TPSA) is 89.0 Å². The SMILES string of the molecule is Cc1cc(C(O)=C2C(=O)C(=O)N(Cc3cccnc3)C2c2cccc(Oc3ccccc3)c2)ccc1OC(C)C. The Morgan fingerprint density at radius 1 is 0.950 bits per heavy atom. The highest BCUT2D eigenvalue weighted by Gasteiger charge is 2.46. The minimum atomic E-state index is -0.841. The van der Waals surface area contributed by atoms with Gasteiger partial charge in [-0.05, 0) is 86.0 Å². The van der Waals surface area contributed by atoms with E-state index in [4.69, 9.17) is 9.47 Å². The molecule has 1 saturated heterocycles. The summed E-state index contributed by atoms with van der Waals surface area (Å²) in [5.41, 5.74) is 2.64. The van der Waals surface area contributed by atoms with Crippen molar-refractivity contribution in [2.45, 2.75) is 39.5 Å². The predicted molar refractivity (Wildman–Crippen MR) is 152 cm³/mol. The number of aryl methyl sites for hydroxylation is 1. The number of rotatable bonds is 8. The van der Waals surface area contributed by atoms with Gasteiger partial charge in [-0.15, -0.1) is 0 Å². The molecule has 5 rings (SSSR count). The average Bonchev–Trinajstić information content (AvgIpc) is 3.20. The van der Waals surface area contributed by atoms with Crippen LogP contribution in [-0.4, -0.2) is 32.8 Å². The van der Waals surface area contributed by atoms with Gasteiger partial charge in [-0.25, -0.2) is 0 Å². The molecule has 40 heavy (non-hydrogen) atoms. The summed E-state index contributed by atoms with van der Waals surface area (Å²) in [6.07, 6.45) is 3.29. The largest absolute Gasteiger partial charge is 0.507 e. The lowest BCUT2D eigenvalue weighted by Gasteiger charge is -2.25. The van der Waals surface area contributed by atoms with Gasteiger partial charge in [0, 0.05) is 24.5 Å². The number of aliphatic hydroxyl groups is 1. The third-order valence-corrected chi connectivity index (χ3v) is 6.58. The van der Waals surface area contributed by atoms with Gasteiger partial charge < -0.3 is 19.5 Å². The van der Waals surface area contributed by atoms with Crippen LogP contribution in [0.1, 0.15) is 42.1 Å². The minimum Gasteiger partial charge on any atom is -0.507 e. The summed E-state index contributed by atoms with van der Waals surface area (Å²) in [5.74, 6) is 0.198. The number of Topliss-reactive ketones (excluding diaryl/α,β-unsaturated/α-hetero) is 1. The second kappa shape index (κ2) is 11.5. The Hall–Kier alpha value is -4.91. The van der Waals surface area contributed by atoms with Crippen molar-refractivity contribution in [3.05, 3.63) is 125 Å². The molecule has 0 aliphatic carbocycles. The maximum Gasteiger partial charge on any atom is 0.295 e. The standard InChI is InChI=1S/C33H30N2O5/c1-21(2)39-28-15-14-25(17-22(28)3)31(36)29-30(35(33(38)32(29)37)20-23-9-8-16-34-19-23)24-10-7-13-27(18-24)40-26-11-5-4-6-12-26/h4-19,21,30,36H,20H2,1-3H3. The van der Waals surface area contributed by atoms with E-state index in [-0.39, 0.29) is 24.0 Å². The number of ether oxygens (including phenoxy) is 2. The molecule has 0 spiro atoms. The first kappa shape index (κ1) is 26.7. The van der Waals surface area contributed by atoms with Gasteiger partial charge in [0.05, 0.1) is 17.7 Å². The minimum absolute atomic E-state index is 0.0127. The maximum atomic E-state index is 13.5. The second-order valence-corrected chi connectivity index (χ2v) is 9.92. The van der Waals surface area contributed by atoms with Gasteiger partial charge >= 0.3 is 0 Å². The fourth-order valence-corrected chi connectivity index (χ4v) is 4.79. The van der Waals surface area contributed by atoms with Gasteiger partial charge in [-0.1, -0.05) is 36.4 Å². The molecule has 1 atom stereocenters. The molecule has 1 N–H and O–H groups in total. The van der Waals surface area contributed by atoms with E-state index in [1.807, 2.05) is 63.2 Å². The van der Waals surface area contributed by atoms with Crippen molar-refractivity contribution in [1.29, 1.82) is 0 Å². The summed E-state index contributed by atoms with van der Waals surface area (Å²) in [6.45, 7) is 5.89. The molecule has 7 heteroatoms. The maximum absolute atomic E-state index is 13.5. The smallest absolute Gasteiger partial charge is 0.295 e. The van der Waals surface area contributed by atoms with Crippen molar-refractivity contribution in [1.82, 2.24) is 9.88 Å². The molecule has 1 fully saturated rings. The summed E-state index contributed by atoms with van der Waals surface area (Å²) >= 11 is 0. The molecule has 4 aromatic rings. The van der Waals surface area contributed by atoms with E-state index in [2.05, 4.69) is 4.98 Å². The summed E-state index contributed by atoms with van der Waals surface area (Å²) in [4.78, 5) is 32.5. The highest BCUT2D eigenvalue weighted by atomic mass is 16.5. The van der Waals surface area contributed by atoms with Crippen LogP contribution in [0.25, 0.3) is 5.76 Å². The lowest BCUT2D eigenvalue weighted by atomic mass is 9.94. The van der Waals surface area contributed by atoms with Gasteiger partial charge in [0.15, 0.2) is 0 Å². The number of aliphatic hydroxyl groups excluding tert-OH is 1. The zero-order chi connectivity index (χ0) is 28.2. The van der Waals surface area contributed by atoms with Crippen LogP contribution in [0.3, 0.4) is 0 Å². The number of ketones is 1. The molecule has 7 nitrogen and oxygen atoms in total. The Kier molecular flexibility index (Phi) is 7.64. The number of amides is 1. The summed E-state index contributed by atoms with van der Waals surface area (Å²) in [6, 6.07) is 24.6. The zero-order valence-electron chi connectivity index (χ0n) is 22.6. The molecule has 0 radical (unpaired) electrons. The molecule has 1 unspecified atom stereocenters. The molecule has 1 amide bonds. The Balaban J connectivity index is 1.60. The van der Waals surface area contributed by atoms with Crippen LogP contribution in [0.5, 0.6) is 17.2 Å². The molecule has 1 aliphatic heterocycles. The average molecular weight is 535 g/mol. The van der Waals surface area contributed by atoms with E-state index in [1.54, 1.807) is 54.9 Å². The first-order chi connectivity index (χ1) is 19.3. The molecule has 0 bridgehead atoms. The Labute approximate surface area is 233 Å². The number of pyridine rings is 1. The molecule has 2 heterocycles. The number of benzene rings is 3. The number of carbonyl (C=O) groups is 2. The van der Waals surface area contributed by atoms with E-state index < -0.39 is 17.7 Å². The highest BCUT2D eigenvalue weighted by Crippen LogP contribution is 2.41. The Bertz CT molecular complexity index is 1560. The number of carbonyl (C=O) groups excluding carboxylic acids is 2. The summed E-state index contributed by atoms with van der Waals surface area (Å²) < 4.78 is 11.9. The van der Waals surface area contributed by atoms with Crippen LogP contribution in [0.15, 0.2) is 103 Å². The van der Waals surface area contributed by atoms with E-state index in [1.165, 1.54) is 4.90 Å². The molecular formula is C33H30N2O5. The van der Waals surface area contributed by atoms with Crippen molar-refractivity contribution >= 4 is 17.4 Å². The normalized spacial score (nSPS) is 16.4. The van der Waals surface area contributed by atoms with Gasteiger partial charge in [-0.2, -0.15) is 0 Å². The van der Waals surface area contributed by atoms with Crippen molar-refractivity contribution in [2.75, 3.05) is 0 Å². The number of nitrogens with zero attached hydrogens (tertiary/aromatic N) is 2. The summed E-state index contributed by atoms with van der Waals surface area (Å²) in [5, 5.41) is 11.5. The van der Waals surface area contributed by atoms with E-state index in [0.29, 0.717) is 28.4 Å². The van der Waals surface area contributed by atoms with Gasteiger partial charge in [0.1, 0.15) is 23.0 Å². The number of para-hydroxylation sites is 1. The van der Waals surface area contributed by atoms with Gasteiger partial charge in [0.2, 0.25) is 0 Å². The van der Waals surface area contributed by atoms with Crippen LogP contribution >= 0.6 is 0 Å². The summed E-state index contributed by atoms with van der Waals surface area (Å²) in [7, 11) is 0. The monoisotopic (exact) mass is 534 g/mol. The second-order valence-electron chi connectivity index (χ2n) is 9.92.